The first-order valence-electron chi connectivity index (χ1n) is 11.9. The molecule has 7 nitrogen and oxygen atoms in total. The standard InChI is InChI=1S/C26H30FN7/c27-21-7-5-20(6-8-21)17-34-24-4-2-1-3-23(24)32-25(34)15-19-9-12-33(13-10-19)14-11-30-26-22(28)16-29-18-31-26/h1-8,16,18-19H,9-15,17,28H2,(H,29,30,31). The van der Waals surface area contributed by atoms with Crippen LogP contribution in [0, 0.1) is 11.7 Å². The van der Waals surface area contributed by atoms with Crippen molar-refractivity contribution in [1.82, 2.24) is 24.4 Å². The number of aromatic nitrogens is 4. The molecule has 8 heteroatoms. The topological polar surface area (TPSA) is 84.9 Å². The van der Waals surface area contributed by atoms with E-state index in [4.69, 9.17) is 10.7 Å². The van der Waals surface area contributed by atoms with Crippen LogP contribution in [0.3, 0.4) is 0 Å². The zero-order valence-corrected chi connectivity index (χ0v) is 19.2. The van der Waals surface area contributed by atoms with Crippen LogP contribution in [-0.2, 0) is 13.0 Å². The van der Waals surface area contributed by atoms with Crippen molar-refractivity contribution in [2.24, 2.45) is 5.92 Å². The Kier molecular flexibility index (Phi) is 6.67. The Hall–Kier alpha value is -3.52. The molecule has 0 amide bonds. The lowest BCUT2D eigenvalue weighted by Crippen LogP contribution is -2.37. The number of nitrogens with zero attached hydrogens (tertiary/aromatic N) is 5. The molecule has 3 N–H and O–H groups in total. The summed E-state index contributed by atoms with van der Waals surface area (Å²) in [4.78, 5) is 15.6. The quantitative estimate of drug-likeness (QED) is 0.415. The summed E-state index contributed by atoms with van der Waals surface area (Å²) in [5, 5.41) is 3.31. The second kappa shape index (κ2) is 10.2. The van der Waals surface area contributed by atoms with Crippen molar-refractivity contribution in [2.75, 3.05) is 37.2 Å². The number of para-hydroxylation sites is 2. The lowest BCUT2D eigenvalue weighted by Gasteiger charge is -2.32. The molecule has 0 radical (unpaired) electrons. The molecule has 34 heavy (non-hydrogen) atoms. The van der Waals surface area contributed by atoms with Gasteiger partial charge in [-0.2, -0.15) is 0 Å². The minimum Gasteiger partial charge on any atom is -0.394 e. The molecule has 0 unspecified atom stereocenters. The molecular formula is C26H30FN7. The third kappa shape index (κ3) is 5.17. The molecule has 0 aliphatic carbocycles. The smallest absolute Gasteiger partial charge is 0.152 e. The zero-order valence-electron chi connectivity index (χ0n) is 19.2. The van der Waals surface area contributed by atoms with Crippen LogP contribution in [0.5, 0.6) is 0 Å². The Morgan fingerprint density at radius 3 is 2.65 bits per heavy atom. The number of nitrogen functional groups attached to an aromatic ring is 1. The minimum absolute atomic E-state index is 0.207. The summed E-state index contributed by atoms with van der Waals surface area (Å²) in [7, 11) is 0. The number of anilines is 2. The van der Waals surface area contributed by atoms with Crippen molar-refractivity contribution in [3.63, 3.8) is 0 Å². The summed E-state index contributed by atoms with van der Waals surface area (Å²) >= 11 is 0. The van der Waals surface area contributed by atoms with Gasteiger partial charge in [0.2, 0.25) is 0 Å². The Balaban J connectivity index is 1.19. The van der Waals surface area contributed by atoms with Crippen LogP contribution in [-0.4, -0.2) is 50.6 Å². The van der Waals surface area contributed by atoms with Crippen LogP contribution in [0.4, 0.5) is 15.9 Å². The first kappa shape index (κ1) is 22.3. The van der Waals surface area contributed by atoms with Crippen molar-refractivity contribution >= 4 is 22.5 Å². The van der Waals surface area contributed by atoms with E-state index in [2.05, 4.69) is 43.0 Å². The fourth-order valence-electron chi connectivity index (χ4n) is 4.72. The molecule has 2 aromatic carbocycles. The fraction of sp³-hybridized carbons (Fsp3) is 0.346. The number of imidazole rings is 1. The van der Waals surface area contributed by atoms with Gasteiger partial charge in [-0.3, -0.25) is 0 Å². The molecule has 1 fully saturated rings. The minimum atomic E-state index is -0.207. The zero-order chi connectivity index (χ0) is 23.3. The van der Waals surface area contributed by atoms with E-state index in [0.717, 1.165) is 67.9 Å². The summed E-state index contributed by atoms with van der Waals surface area (Å²) in [5.74, 6) is 2.21. The summed E-state index contributed by atoms with van der Waals surface area (Å²) in [5.41, 5.74) is 9.71. The van der Waals surface area contributed by atoms with E-state index in [1.807, 2.05) is 18.2 Å². The molecule has 5 rings (SSSR count). The Labute approximate surface area is 198 Å². The van der Waals surface area contributed by atoms with Gasteiger partial charge in [0, 0.05) is 26.1 Å². The number of hydrogen-bond acceptors (Lipinski definition) is 6. The number of nitrogens with one attached hydrogen (secondary N) is 1. The molecule has 0 spiro atoms. The average Bonchev–Trinajstić information content (AvgIpc) is 3.19. The van der Waals surface area contributed by atoms with E-state index < -0.39 is 0 Å². The van der Waals surface area contributed by atoms with Crippen molar-refractivity contribution in [1.29, 1.82) is 0 Å². The van der Waals surface area contributed by atoms with Gasteiger partial charge in [0.25, 0.3) is 0 Å². The molecule has 0 saturated carbocycles. The van der Waals surface area contributed by atoms with Crippen molar-refractivity contribution in [2.45, 2.75) is 25.8 Å². The van der Waals surface area contributed by atoms with E-state index >= 15 is 0 Å². The number of piperidine rings is 1. The number of rotatable bonds is 8. The highest BCUT2D eigenvalue weighted by Crippen LogP contribution is 2.25. The largest absolute Gasteiger partial charge is 0.394 e. The van der Waals surface area contributed by atoms with Crippen LogP contribution in [0.2, 0.25) is 0 Å². The second-order valence-corrected chi connectivity index (χ2v) is 8.97. The SMILES string of the molecule is Nc1cncnc1NCCN1CCC(Cc2nc3ccccc3n2Cc2ccc(F)cc2)CC1. The number of benzene rings is 2. The Morgan fingerprint density at radius 1 is 1.06 bits per heavy atom. The van der Waals surface area contributed by atoms with Gasteiger partial charge < -0.3 is 20.5 Å². The summed E-state index contributed by atoms with van der Waals surface area (Å²) in [6.07, 6.45) is 6.38. The molecule has 0 bridgehead atoms. The summed E-state index contributed by atoms with van der Waals surface area (Å²) in [6, 6.07) is 15.0. The molecule has 2 aromatic heterocycles. The van der Waals surface area contributed by atoms with E-state index in [1.54, 1.807) is 6.20 Å². The molecular weight excluding hydrogens is 429 g/mol. The van der Waals surface area contributed by atoms with Crippen molar-refractivity contribution in [3.8, 4) is 0 Å². The number of nitrogens with two attached hydrogens (primary N) is 1. The van der Waals surface area contributed by atoms with Crippen LogP contribution < -0.4 is 11.1 Å². The monoisotopic (exact) mass is 459 g/mol. The van der Waals surface area contributed by atoms with Crippen LogP contribution >= 0.6 is 0 Å². The average molecular weight is 460 g/mol. The highest BCUT2D eigenvalue weighted by molar-refractivity contribution is 5.76. The van der Waals surface area contributed by atoms with Gasteiger partial charge in [0.1, 0.15) is 18.0 Å². The fourth-order valence-corrected chi connectivity index (χ4v) is 4.72. The number of halogens is 1. The van der Waals surface area contributed by atoms with Gasteiger partial charge >= 0.3 is 0 Å². The number of likely N-dealkylation sites (tertiary alicyclic amines) is 1. The predicted molar refractivity (Wildman–Crippen MR) is 133 cm³/mol. The molecule has 4 aromatic rings. The maximum atomic E-state index is 13.4. The lowest BCUT2D eigenvalue weighted by molar-refractivity contribution is 0.188. The highest BCUT2D eigenvalue weighted by Gasteiger charge is 2.22. The predicted octanol–water partition coefficient (Wildman–Crippen LogP) is 3.96. The van der Waals surface area contributed by atoms with Gasteiger partial charge in [-0.25, -0.2) is 19.3 Å². The van der Waals surface area contributed by atoms with Crippen LogP contribution in [0.25, 0.3) is 11.0 Å². The normalized spacial score (nSPS) is 15.1. The van der Waals surface area contributed by atoms with Gasteiger partial charge in [-0.05, 0) is 61.7 Å². The van der Waals surface area contributed by atoms with E-state index in [1.165, 1.54) is 18.5 Å². The van der Waals surface area contributed by atoms with Crippen LogP contribution in [0.15, 0.2) is 61.1 Å². The molecule has 176 valence electrons. The Morgan fingerprint density at radius 2 is 1.85 bits per heavy atom. The molecule has 1 aliphatic rings. The molecule has 1 saturated heterocycles. The highest BCUT2D eigenvalue weighted by atomic mass is 19.1. The van der Waals surface area contributed by atoms with Gasteiger partial charge in [-0.1, -0.05) is 24.3 Å². The number of hydrogen-bond donors (Lipinski definition) is 2. The van der Waals surface area contributed by atoms with Crippen molar-refractivity contribution < 1.29 is 4.39 Å². The van der Waals surface area contributed by atoms with Gasteiger partial charge in [0.05, 0.1) is 22.9 Å². The van der Waals surface area contributed by atoms with Crippen molar-refractivity contribution in [3.05, 3.63) is 78.3 Å². The van der Waals surface area contributed by atoms with Gasteiger partial charge in [-0.15, -0.1) is 0 Å². The maximum absolute atomic E-state index is 13.4. The third-order valence-electron chi connectivity index (χ3n) is 6.63. The third-order valence-corrected chi connectivity index (χ3v) is 6.63. The number of fused-ring (bicyclic) bond motifs is 1. The molecule has 0 atom stereocenters. The first-order chi connectivity index (χ1) is 16.7. The Bertz CT molecular complexity index is 1230. The second-order valence-electron chi connectivity index (χ2n) is 8.97. The maximum Gasteiger partial charge on any atom is 0.152 e. The molecule has 1 aliphatic heterocycles. The molecule has 3 heterocycles. The van der Waals surface area contributed by atoms with E-state index in [0.29, 0.717) is 24.0 Å². The van der Waals surface area contributed by atoms with Crippen LogP contribution in [0.1, 0.15) is 24.2 Å². The lowest BCUT2D eigenvalue weighted by atomic mass is 9.93. The van der Waals surface area contributed by atoms with E-state index in [-0.39, 0.29) is 5.82 Å². The van der Waals surface area contributed by atoms with E-state index in [9.17, 15) is 4.39 Å². The summed E-state index contributed by atoms with van der Waals surface area (Å²) in [6.45, 7) is 4.61. The summed E-state index contributed by atoms with van der Waals surface area (Å²) < 4.78 is 15.7. The first-order valence-corrected chi connectivity index (χ1v) is 11.9. The van der Waals surface area contributed by atoms with Gasteiger partial charge in [0.15, 0.2) is 5.82 Å².